The Bertz CT molecular complexity index is 379. The van der Waals surface area contributed by atoms with Crippen molar-refractivity contribution < 1.29 is 14.3 Å². The summed E-state index contributed by atoms with van der Waals surface area (Å²) in [7, 11) is 1.34. The molecule has 0 spiro atoms. The van der Waals surface area contributed by atoms with E-state index in [1.807, 2.05) is 30.3 Å². The minimum atomic E-state index is -0.678. The summed E-state index contributed by atoms with van der Waals surface area (Å²) < 4.78 is 10.4. The van der Waals surface area contributed by atoms with Gasteiger partial charge in [0.25, 0.3) is 0 Å². The summed E-state index contributed by atoms with van der Waals surface area (Å²) in [6, 6.07) is 9.61. The second-order valence-corrected chi connectivity index (χ2v) is 4.68. The Morgan fingerprint density at radius 1 is 1.41 bits per heavy atom. The highest BCUT2D eigenvalue weighted by molar-refractivity contribution is 8.22. The fourth-order valence-electron chi connectivity index (χ4n) is 1.30. The number of rotatable bonds is 4. The third kappa shape index (κ3) is 4.75. The van der Waals surface area contributed by atoms with Gasteiger partial charge in [0.1, 0.15) is 0 Å². The second kappa shape index (κ2) is 7.29. The summed E-state index contributed by atoms with van der Waals surface area (Å²) >= 11 is 6.24. The van der Waals surface area contributed by atoms with E-state index in [4.69, 9.17) is 21.7 Å². The smallest absolute Gasteiger partial charge is 0.347 e. The Hall–Kier alpha value is -1.07. The van der Waals surface area contributed by atoms with Gasteiger partial charge in [0.15, 0.2) is 0 Å². The number of carbonyl (C=O) groups excluding carboxylic acids is 1. The largest absolute Gasteiger partial charge is 0.466 e. The van der Waals surface area contributed by atoms with Crippen molar-refractivity contribution in [3.8, 4) is 0 Å². The van der Waals surface area contributed by atoms with E-state index in [9.17, 15) is 4.79 Å². The molecule has 17 heavy (non-hydrogen) atoms. The first-order valence-corrected chi connectivity index (χ1v) is 6.67. The zero-order chi connectivity index (χ0) is 12.7. The van der Waals surface area contributed by atoms with Gasteiger partial charge < -0.3 is 9.47 Å². The zero-order valence-corrected chi connectivity index (χ0v) is 11.3. The lowest BCUT2D eigenvalue weighted by molar-refractivity contribution is -0.149. The number of esters is 1. The van der Waals surface area contributed by atoms with Crippen molar-refractivity contribution >= 4 is 34.3 Å². The fraction of sp³-hybridized carbons (Fsp3) is 0.333. The van der Waals surface area contributed by atoms with Crippen molar-refractivity contribution in [2.75, 3.05) is 13.4 Å². The molecule has 0 N–H and O–H groups in total. The van der Waals surface area contributed by atoms with E-state index in [2.05, 4.69) is 0 Å². The van der Waals surface area contributed by atoms with Crippen LogP contribution >= 0.6 is 24.0 Å². The lowest BCUT2D eigenvalue weighted by Gasteiger charge is -2.16. The second-order valence-electron chi connectivity index (χ2n) is 3.27. The molecule has 1 unspecified atom stereocenters. The quantitative estimate of drug-likeness (QED) is 0.620. The number of ether oxygens (including phenoxy) is 2. The SMILES string of the molecule is COC(=O)C(Cc1ccccc1)OC(=S)SC. The first-order valence-electron chi connectivity index (χ1n) is 5.03. The molecule has 0 amide bonds. The van der Waals surface area contributed by atoms with Crippen LogP contribution in [0.3, 0.4) is 0 Å². The normalized spacial score (nSPS) is 11.6. The Morgan fingerprint density at radius 2 is 2.06 bits per heavy atom. The highest BCUT2D eigenvalue weighted by atomic mass is 32.2. The zero-order valence-electron chi connectivity index (χ0n) is 9.71. The average Bonchev–Trinajstić information content (AvgIpc) is 2.38. The van der Waals surface area contributed by atoms with E-state index < -0.39 is 12.1 Å². The van der Waals surface area contributed by atoms with Crippen molar-refractivity contribution in [3.63, 3.8) is 0 Å². The molecule has 0 aliphatic rings. The van der Waals surface area contributed by atoms with Crippen LogP contribution in [0.5, 0.6) is 0 Å². The van der Waals surface area contributed by atoms with Crippen molar-refractivity contribution in [1.29, 1.82) is 0 Å². The van der Waals surface area contributed by atoms with Crippen molar-refractivity contribution in [1.82, 2.24) is 0 Å². The molecule has 0 aliphatic heterocycles. The number of hydrogen-bond acceptors (Lipinski definition) is 5. The molecule has 0 fully saturated rings. The molecule has 0 aromatic heterocycles. The van der Waals surface area contributed by atoms with Gasteiger partial charge in [-0.3, -0.25) is 0 Å². The topological polar surface area (TPSA) is 35.5 Å². The van der Waals surface area contributed by atoms with Crippen LogP contribution in [0, 0.1) is 0 Å². The maximum atomic E-state index is 11.6. The maximum absolute atomic E-state index is 11.6. The van der Waals surface area contributed by atoms with Gasteiger partial charge in [0.2, 0.25) is 10.5 Å². The van der Waals surface area contributed by atoms with Crippen molar-refractivity contribution in [3.05, 3.63) is 35.9 Å². The van der Waals surface area contributed by atoms with Crippen LogP contribution in [0.15, 0.2) is 30.3 Å². The molecule has 3 nitrogen and oxygen atoms in total. The summed E-state index contributed by atoms with van der Waals surface area (Å²) in [5.41, 5.74) is 1.01. The average molecular weight is 270 g/mol. The Kier molecular flexibility index (Phi) is 6.00. The minimum Gasteiger partial charge on any atom is -0.466 e. The molecule has 5 heteroatoms. The summed E-state index contributed by atoms with van der Waals surface area (Å²) in [5.74, 6) is -0.412. The van der Waals surface area contributed by atoms with Crippen LogP contribution in [0.1, 0.15) is 5.56 Å². The monoisotopic (exact) mass is 270 g/mol. The van der Waals surface area contributed by atoms with Gasteiger partial charge in [-0.1, -0.05) is 42.1 Å². The first-order chi connectivity index (χ1) is 8.17. The number of methoxy groups -OCH3 is 1. The molecule has 0 saturated carbocycles. The van der Waals surface area contributed by atoms with Crippen LogP contribution in [0.25, 0.3) is 0 Å². The molecule has 1 rings (SSSR count). The van der Waals surface area contributed by atoms with Crippen LogP contribution in [-0.4, -0.2) is 29.8 Å². The van der Waals surface area contributed by atoms with Gasteiger partial charge in [-0.25, -0.2) is 4.79 Å². The summed E-state index contributed by atoms with van der Waals surface area (Å²) in [6.45, 7) is 0. The van der Waals surface area contributed by atoms with E-state index in [0.717, 1.165) is 5.56 Å². The standard InChI is InChI=1S/C12H14O3S2/c1-14-11(13)10(15-12(16)17-2)8-9-6-4-3-5-7-9/h3-7,10H,8H2,1-2H3. The molecule has 0 bridgehead atoms. The molecule has 1 atom stereocenters. The number of carbonyl (C=O) groups is 1. The van der Waals surface area contributed by atoms with Crippen LogP contribution in [-0.2, 0) is 20.7 Å². The molecule has 0 saturated heterocycles. The van der Waals surface area contributed by atoms with Crippen LogP contribution in [0.4, 0.5) is 0 Å². The van der Waals surface area contributed by atoms with Gasteiger partial charge in [0, 0.05) is 6.42 Å². The molecule has 0 heterocycles. The van der Waals surface area contributed by atoms with E-state index in [0.29, 0.717) is 10.8 Å². The summed E-state index contributed by atoms with van der Waals surface area (Å²) in [5, 5.41) is 0. The molecule has 0 radical (unpaired) electrons. The molecule has 0 aliphatic carbocycles. The Balaban J connectivity index is 2.70. The van der Waals surface area contributed by atoms with Gasteiger partial charge in [0.05, 0.1) is 7.11 Å². The molecule has 92 valence electrons. The number of thioether (sulfide) groups is 1. The van der Waals surface area contributed by atoms with Crippen LogP contribution < -0.4 is 0 Å². The Morgan fingerprint density at radius 3 is 2.59 bits per heavy atom. The number of hydrogen-bond donors (Lipinski definition) is 0. The maximum Gasteiger partial charge on any atom is 0.347 e. The third-order valence-corrected chi connectivity index (χ3v) is 3.16. The number of benzene rings is 1. The lowest BCUT2D eigenvalue weighted by Crippen LogP contribution is -2.29. The fourth-order valence-corrected chi connectivity index (χ4v) is 1.63. The third-order valence-electron chi connectivity index (χ3n) is 2.13. The highest BCUT2D eigenvalue weighted by Crippen LogP contribution is 2.11. The van der Waals surface area contributed by atoms with E-state index in [-0.39, 0.29) is 0 Å². The van der Waals surface area contributed by atoms with Crippen molar-refractivity contribution in [2.45, 2.75) is 12.5 Å². The van der Waals surface area contributed by atoms with Gasteiger partial charge in [-0.2, -0.15) is 0 Å². The van der Waals surface area contributed by atoms with E-state index in [1.165, 1.54) is 18.9 Å². The minimum absolute atomic E-state index is 0.344. The summed E-state index contributed by atoms with van der Waals surface area (Å²) in [4.78, 5) is 11.6. The molecular formula is C12H14O3S2. The predicted octanol–water partition coefficient (Wildman–Crippen LogP) is 2.44. The predicted molar refractivity (Wildman–Crippen MR) is 73.1 cm³/mol. The first kappa shape index (κ1) is 14.0. The number of thiocarbonyl (C=S) groups is 1. The highest BCUT2D eigenvalue weighted by Gasteiger charge is 2.22. The molecular weight excluding hydrogens is 256 g/mol. The van der Waals surface area contributed by atoms with Gasteiger partial charge in [-0.15, -0.1) is 0 Å². The molecule has 1 aromatic rings. The Labute approximate surface area is 110 Å². The van der Waals surface area contributed by atoms with E-state index >= 15 is 0 Å². The van der Waals surface area contributed by atoms with E-state index in [1.54, 1.807) is 6.26 Å². The van der Waals surface area contributed by atoms with Crippen LogP contribution in [0.2, 0.25) is 0 Å². The van der Waals surface area contributed by atoms with Gasteiger partial charge in [-0.05, 0) is 24.0 Å². The molecule has 1 aromatic carbocycles. The van der Waals surface area contributed by atoms with Crippen molar-refractivity contribution in [2.24, 2.45) is 0 Å². The lowest BCUT2D eigenvalue weighted by atomic mass is 10.1. The van der Waals surface area contributed by atoms with Gasteiger partial charge >= 0.3 is 5.97 Å². The summed E-state index contributed by atoms with van der Waals surface area (Å²) in [6.07, 6.45) is 1.58.